The molecule has 96 valence electrons. The maximum Gasteiger partial charge on any atom is 0.268 e. The second-order valence-electron chi connectivity index (χ2n) is 4.06. The molecule has 5 nitrogen and oxygen atoms in total. The van der Waals surface area contributed by atoms with Crippen molar-refractivity contribution >= 4 is 0 Å². The summed E-state index contributed by atoms with van der Waals surface area (Å²) in [6.07, 6.45) is 0. The van der Waals surface area contributed by atoms with Gasteiger partial charge >= 0.3 is 0 Å². The molecule has 0 spiro atoms. The van der Waals surface area contributed by atoms with Crippen molar-refractivity contribution in [3.63, 3.8) is 0 Å². The van der Waals surface area contributed by atoms with Crippen LogP contribution in [0.2, 0.25) is 0 Å². The van der Waals surface area contributed by atoms with Gasteiger partial charge in [-0.1, -0.05) is 18.2 Å². The van der Waals surface area contributed by atoms with Crippen molar-refractivity contribution in [3.8, 4) is 11.8 Å². The van der Waals surface area contributed by atoms with Gasteiger partial charge in [-0.2, -0.15) is 10.4 Å². The van der Waals surface area contributed by atoms with E-state index in [-0.39, 0.29) is 5.56 Å². The lowest BCUT2D eigenvalue weighted by Crippen LogP contribution is -2.24. The summed E-state index contributed by atoms with van der Waals surface area (Å²) in [4.78, 5) is 11.9. The summed E-state index contributed by atoms with van der Waals surface area (Å²) in [6.45, 7) is 2.02. The summed E-state index contributed by atoms with van der Waals surface area (Å²) in [6, 6.07) is 10.7. The van der Waals surface area contributed by atoms with Gasteiger partial charge in [0, 0.05) is 11.6 Å². The van der Waals surface area contributed by atoms with Gasteiger partial charge in [0.15, 0.2) is 0 Å². The molecule has 1 aromatic heterocycles. The second kappa shape index (κ2) is 5.36. The SMILES string of the molecule is COc1ccccc1Cn1nc(C)c(C#N)cc1=O. The number of nitrogens with zero attached hydrogens (tertiary/aromatic N) is 3. The predicted molar refractivity (Wildman–Crippen MR) is 70.0 cm³/mol. The lowest BCUT2D eigenvalue weighted by Gasteiger charge is -2.10. The molecule has 0 saturated carbocycles. The Morgan fingerprint density at radius 3 is 2.84 bits per heavy atom. The Balaban J connectivity index is 2.42. The monoisotopic (exact) mass is 255 g/mol. The van der Waals surface area contributed by atoms with Gasteiger partial charge in [-0.3, -0.25) is 4.79 Å². The largest absolute Gasteiger partial charge is 0.496 e. The van der Waals surface area contributed by atoms with Gasteiger partial charge < -0.3 is 4.74 Å². The maximum atomic E-state index is 11.9. The zero-order chi connectivity index (χ0) is 13.8. The van der Waals surface area contributed by atoms with Crippen molar-refractivity contribution in [1.82, 2.24) is 9.78 Å². The van der Waals surface area contributed by atoms with E-state index in [1.54, 1.807) is 14.0 Å². The molecule has 0 aliphatic heterocycles. The minimum atomic E-state index is -0.298. The van der Waals surface area contributed by atoms with Crippen molar-refractivity contribution in [3.05, 3.63) is 57.5 Å². The highest BCUT2D eigenvalue weighted by atomic mass is 16.5. The number of aryl methyl sites for hydroxylation is 1. The Kier molecular flexibility index (Phi) is 3.62. The highest BCUT2D eigenvalue weighted by molar-refractivity contribution is 5.34. The summed E-state index contributed by atoms with van der Waals surface area (Å²) in [5.41, 5.74) is 1.41. The zero-order valence-corrected chi connectivity index (χ0v) is 10.8. The van der Waals surface area contributed by atoms with E-state index in [1.807, 2.05) is 30.3 Å². The topological polar surface area (TPSA) is 67.9 Å². The standard InChI is InChI=1S/C14H13N3O2/c1-10-12(8-15)7-14(18)17(16-10)9-11-5-3-4-6-13(11)19-2/h3-7H,9H2,1-2H3. The molecule has 0 saturated heterocycles. The summed E-state index contributed by atoms with van der Waals surface area (Å²) in [5.74, 6) is 0.707. The smallest absolute Gasteiger partial charge is 0.268 e. The number of hydrogen-bond acceptors (Lipinski definition) is 4. The summed E-state index contributed by atoms with van der Waals surface area (Å²) < 4.78 is 6.56. The average molecular weight is 255 g/mol. The molecule has 1 heterocycles. The van der Waals surface area contributed by atoms with Gasteiger partial charge in [-0.25, -0.2) is 4.68 Å². The number of ether oxygens (including phenoxy) is 1. The number of rotatable bonds is 3. The molecule has 0 fully saturated rings. The summed E-state index contributed by atoms with van der Waals surface area (Å²) in [7, 11) is 1.58. The molecule has 0 aliphatic rings. The first-order chi connectivity index (χ1) is 9.15. The molecular formula is C14H13N3O2. The molecule has 0 unspecified atom stereocenters. The number of hydrogen-bond donors (Lipinski definition) is 0. The number of aromatic nitrogens is 2. The molecule has 0 bridgehead atoms. The van der Waals surface area contributed by atoms with Gasteiger partial charge in [0.05, 0.1) is 24.9 Å². The highest BCUT2D eigenvalue weighted by Crippen LogP contribution is 2.17. The van der Waals surface area contributed by atoms with Crippen LogP contribution in [0.15, 0.2) is 35.1 Å². The molecule has 0 amide bonds. The third kappa shape index (κ3) is 2.63. The average Bonchev–Trinajstić information content (AvgIpc) is 2.43. The Bertz CT molecular complexity index is 699. The fourth-order valence-electron chi connectivity index (χ4n) is 1.81. The van der Waals surface area contributed by atoms with Crippen molar-refractivity contribution in [2.75, 3.05) is 7.11 Å². The van der Waals surface area contributed by atoms with E-state index in [9.17, 15) is 4.79 Å². The first-order valence-electron chi connectivity index (χ1n) is 5.76. The number of methoxy groups -OCH3 is 1. The highest BCUT2D eigenvalue weighted by Gasteiger charge is 2.08. The van der Waals surface area contributed by atoms with Crippen LogP contribution in [0.1, 0.15) is 16.8 Å². The van der Waals surface area contributed by atoms with E-state index < -0.39 is 0 Å². The Labute approximate surface area is 110 Å². The summed E-state index contributed by atoms with van der Waals surface area (Å²) >= 11 is 0. The lowest BCUT2D eigenvalue weighted by molar-refractivity contribution is 0.406. The molecule has 19 heavy (non-hydrogen) atoms. The van der Waals surface area contributed by atoms with E-state index in [0.29, 0.717) is 23.6 Å². The first-order valence-corrected chi connectivity index (χ1v) is 5.76. The molecule has 2 rings (SSSR count). The third-order valence-corrected chi connectivity index (χ3v) is 2.82. The van der Waals surface area contributed by atoms with E-state index in [2.05, 4.69) is 5.10 Å². The van der Waals surface area contributed by atoms with Gasteiger partial charge in [-0.05, 0) is 13.0 Å². The van der Waals surface area contributed by atoms with Gasteiger partial charge in [-0.15, -0.1) is 0 Å². The van der Waals surface area contributed by atoms with Crippen LogP contribution >= 0.6 is 0 Å². The van der Waals surface area contributed by atoms with Gasteiger partial charge in [0.25, 0.3) is 5.56 Å². The van der Waals surface area contributed by atoms with E-state index in [0.717, 1.165) is 5.56 Å². The molecule has 0 atom stereocenters. The number of para-hydroxylation sites is 1. The Morgan fingerprint density at radius 1 is 1.42 bits per heavy atom. The van der Waals surface area contributed by atoms with Crippen LogP contribution in [-0.2, 0) is 6.54 Å². The maximum absolute atomic E-state index is 11.9. The molecule has 0 aliphatic carbocycles. The molecule has 5 heteroatoms. The molecular weight excluding hydrogens is 242 g/mol. The van der Waals surface area contributed by atoms with Crippen LogP contribution in [0.4, 0.5) is 0 Å². The zero-order valence-electron chi connectivity index (χ0n) is 10.8. The number of benzene rings is 1. The van der Waals surface area contributed by atoms with Gasteiger partial charge in [0.2, 0.25) is 0 Å². The third-order valence-electron chi connectivity index (χ3n) is 2.82. The van der Waals surface area contributed by atoms with Crippen LogP contribution < -0.4 is 10.3 Å². The van der Waals surface area contributed by atoms with Crippen molar-refractivity contribution < 1.29 is 4.74 Å². The lowest BCUT2D eigenvalue weighted by atomic mass is 10.2. The van der Waals surface area contributed by atoms with E-state index in [4.69, 9.17) is 10.00 Å². The first kappa shape index (κ1) is 12.8. The summed E-state index contributed by atoms with van der Waals surface area (Å²) in [5, 5.41) is 13.0. The number of nitriles is 1. The minimum Gasteiger partial charge on any atom is -0.496 e. The van der Waals surface area contributed by atoms with Crippen molar-refractivity contribution in [2.24, 2.45) is 0 Å². The quantitative estimate of drug-likeness (QED) is 0.833. The van der Waals surface area contributed by atoms with E-state index >= 15 is 0 Å². The predicted octanol–water partition coefficient (Wildman–Crippen LogP) is 1.48. The molecule has 2 aromatic rings. The van der Waals surface area contributed by atoms with Crippen LogP contribution in [0.3, 0.4) is 0 Å². The second-order valence-corrected chi connectivity index (χ2v) is 4.06. The fraction of sp³-hybridized carbons (Fsp3) is 0.214. The molecule has 0 radical (unpaired) electrons. The van der Waals surface area contributed by atoms with Crippen LogP contribution in [0, 0.1) is 18.3 Å². The Morgan fingerprint density at radius 2 is 2.16 bits per heavy atom. The van der Waals surface area contributed by atoms with Crippen molar-refractivity contribution in [2.45, 2.75) is 13.5 Å². The fourth-order valence-corrected chi connectivity index (χ4v) is 1.81. The molecule has 1 aromatic carbocycles. The normalized spacial score (nSPS) is 9.95. The van der Waals surface area contributed by atoms with Crippen LogP contribution in [0.25, 0.3) is 0 Å². The molecule has 0 N–H and O–H groups in total. The van der Waals surface area contributed by atoms with Crippen LogP contribution in [0.5, 0.6) is 5.75 Å². The van der Waals surface area contributed by atoms with E-state index in [1.165, 1.54) is 10.7 Å². The Hall–Kier alpha value is -2.61. The van der Waals surface area contributed by atoms with Gasteiger partial charge in [0.1, 0.15) is 11.8 Å². The van der Waals surface area contributed by atoms with Crippen molar-refractivity contribution in [1.29, 1.82) is 5.26 Å². The van der Waals surface area contributed by atoms with Crippen LogP contribution in [-0.4, -0.2) is 16.9 Å². The minimum absolute atomic E-state index is 0.298.